The fraction of sp³-hybridized carbons (Fsp3) is 0.909. The van der Waals surface area contributed by atoms with Crippen molar-refractivity contribution in [3.05, 3.63) is 0 Å². The van der Waals surface area contributed by atoms with Crippen LogP contribution < -0.4 is 11.1 Å². The lowest BCUT2D eigenvalue weighted by molar-refractivity contribution is -0.124. The van der Waals surface area contributed by atoms with E-state index in [1.54, 1.807) is 0 Å². The first kappa shape index (κ1) is 12.5. The fourth-order valence-corrected chi connectivity index (χ4v) is 1.71. The third-order valence-corrected chi connectivity index (χ3v) is 3.01. The molecule has 1 atom stereocenters. The average molecular weight is 213 g/mol. The molecule has 1 fully saturated rings. The molecule has 0 aromatic heterocycles. The molecular weight excluding hydrogens is 190 g/mol. The summed E-state index contributed by atoms with van der Waals surface area (Å²) in [5.74, 6) is 0.475. The number of nitrogens with one attached hydrogen (secondary N) is 1. The van der Waals surface area contributed by atoms with Gasteiger partial charge in [0.25, 0.3) is 0 Å². The monoisotopic (exact) mass is 213 g/mol. The highest BCUT2D eigenvalue weighted by Gasteiger charge is 2.37. The number of nitrogens with two attached hydrogens (primary N) is 1. The van der Waals surface area contributed by atoms with Crippen molar-refractivity contribution in [2.75, 3.05) is 27.2 Å². The summed E-state index contributed by atoms with van der Waals surface area (Å²) in [6.07, 6.45) is 3.38. The molecule has 4 nitrogen and oxygen atoms in total. The molecule has 1 aliphatic carbocycles. The van der Waals surface area contributed by atoms with Gasteiger partial charge in [0.2, 0.25) is 5.91 Å². The van der Waals surface area contributed by atoms with Gasteiger partial charge in [0, 0.05) is 13.1 Å². The number of carbonyl (C=O) groups is 1. The van der Waals surface area contributed by atoms with Crippen molar-refractivity contribution < 1.29 is 4.79 Å². The van der Waals surface area contributed by atoms with Crippen molar-refractivity contribution in [1.29, 1.82) is 0 Å². The van der Waals surface area contributed by atoms with E-state index in [0.717, 1.165) is 19.5 Å². The van der Waals surface area contributed by atoms with E-state index in [1.165, 1.54) is 12.8 Å². The van der Waals surface area contributed by atoms with Gasteiger partial charge in [-0.2, -0.15) is 0 Å². The quantitative estimate of drug-likeness (QED) is 0.634. The number of rotatable bonds is 7. The van der Waals surface area contributed by atoms with Crippen molar-refractivity contribution in [3.8, 4) is 0 Å². The first-order valence-corrected chi connectivity index (χ1v) is 5.64. The van der Waals surface area contributed by atoms with Gasteiger partial charge >= 0.3 is 0 Å². The Morgan fingerprint density at radius 2 is 2.13 bits per heavy atom. The minimum absolute atomic E-state index is 0.229. The summed E-state index contributed by atoms with van der Waals surface area (Å²) in [6, 6.07) is 0. The molecule has 1 aliphatic rings. The van der Waals surface area contributed by atoms with E-state index >= 15 is 0 Å². The van der Waals surface area contributed by atoms with Gasteiger partial charge in [-0.1, -0.05) is 12.8 Å². The summed E-state index contributed by atoms with van der Waals surface area (Å²) >= 11 is 0. The average Bonchev–Trinajstić information content (AvgIpc) is 2.87. The van der Waals surface area contributed by atoms with Crippen molar-refractivity contribution in [3.63, 3.8) is 0 Å². The Labute approximate surface area is 92.2 Å². The standard InChI is InChI=1S/C11H23N3O/c1-11(10(12)15,8-9-4-5-9)13-6-7-14(2)3/h9,13H,4-8H2,1-3H3,(H2,12,15). The van der Waals surface area contributed by atoms with Crippen LogP contribution in [0.3, 0.4) is 0 Å². The van der Waals surface area contributed by atoms with Crippen LogP contribution in [0.25, 0.3) is 0 Å². The van der Waals surface area contributed by atoms with E-state index in [-0.39, 0.29) is 5.91 Å². The molecule has 88 valence electrons. The third kappa shape index (κ3) is 4.18. The lowest BCUT2D eigenvalue weighted by Gasteiger charge is -2.28. The molecule has 0 aromatic rings. The molecule has 0 aromatic carbocycles. The van der Waals surface area contributed by atoms with Gasteiger partial charge in [-0.25, -0.2) is 0 Å². The molecule has 1 amide bonds. The van der Waals surface area contributed by atoms with Crippen molar-refractivity contribution >= 4 is 5.91 Å². The second-order valence-corrected chi connectivity index (χ2v) is 5.07. The number of likely N-dealkylation sites (N-methyl/N-ethyl adjacent to an activating group) is 1. The second-order valence-electron chi connectivity index (χ2n) is 5.07. The predicted molar refractivity (Wildman–Crippen MR) is 61.5 cm³/mol. The van der Waals surface area contributed by atoms with Crippen LogP contribution in [0.5, 0.6) is 0 Å². The zero-order valence-corrected chi connectivity index (χ0v) is 10.0. The Kier molecular flexibility index (Phi) is 4.11. The summed E-state index contributed by atoms with van der Waals surface area (Å²) < 4.78 is 0. The molecule has 0 saturated heterocycles. The van der Waals surface area contributed by atoms with Crippen LogP contribution in [0.2, 0.25) is 0 Å². The summed E-state index contributed by atoms with van der Waals surface area (Å²) in [4.78, 5) is 13.5. The van der Waals surface area contributed by atoms with E-state index in [9.17, 15) is 4.79 Å². The first-order valence-electron chi connectivity index (χ1n) is 5.64. The zero-order chi connectivity index (χ0) is 11.5. The molecule has 0 spiro atoms. The highest BCUT2D eigenvalue weighted by molar-refractivity contribution is 5.84. The predicted octanol–water partition coefficient (Wildman–Crippen LogP) is 0.182. The van der Waals surface area contributed by atoms with Crippen LogP contribution in [0.4, 0.5) is 0 Å². The van der Waals surface area contributed by atoms with Gasteiger partial charge in [-0.3, -0.25) is 4.79 Å². The number of primary amides is 1. The molecule has 1 rings (SSSR count). The molecule has 1 unspecified atom stereocenters. The van der Waals surface area contributed by atoms with E-state index in [1.807, 2.05) is 21.0 Å². The molecular formula is C11H23N3O. The van der Waals surface area contributed by atoms with Crippen LogP contribution in [0.15, 0.2) is 0 Å². The first-order chi connectivity index (χ1) is 6.94. The SMILES string of the molecule is CN(C)CCNC(C)(CC1CC1)C(N)=O. The number of carbonyl (C=O) groups excluding carboxylic acids is 1. The second kappa shape index (κ2) is 4.94. The van der Waals surface area contributed by atoms with Crippen LogP contribution >= 0.6 is 0 Å². The minimum Gasteiger partial charge on any atom is -0.368 e. The Morgan fingerprint density at radius 3 is 2.53 bits per heavy atom. The normalized spacial score (nSPS) is 20.3. The van der Waals surface area contributed by atoms with E-state index in [0.29, 0.717) is 5.92 Å². The summed E-state index contributed by atoms with van der Waals surface area (Å²) in [5.41, 5.74) is 4.93. The number of hydrogen-bond donors (Lipinski definition) is 2. The van der Waals surface area contributed by atoms with Crippen LogP contribution in [-0.2, 0) is 4.79 Å². The smallest absolute Gasteiger partial charge is 0.237 e. The highest BCUT2D eigenvalue weighted by Crippen LogP contribution is 2.36. The van der Waals surface area contributed by atoms with Gasteiger partial charge in [0.15, 0.2) is 0 Å². The van der Waals surface area contributed by atoms with Gasteiger partial charge < -0.3 is 16.0 Å². The maximum absolute atomic E-state index is 11.4. The van der Waals surface area contributed by atoms with Crippen LogP contribution in [-0.4, -0.2) is 43.5 Å². The summed E-state index contributed by atoms with van der Waals surface area (Å²) in [6.45, 7) is 3.65. The maximum Gasteiger partial charge on any atom is 0.237 e. The third-order valence-electron chi connectivity index (χ3n) is 3.01. The zero-order valence-electron chi connectivity index (χ0n) is 10.0. The summed E-state index contributed by atoms with van der Waals surface area (Å²) in [7, 11) is 4.04. The molecule has 1 saturated carbocycles. The van der Waals surface area contributed by atoms with Gasteiger partial charge in [-0.15, -0.1) is 0 Å². The summed E-state index contributed by atoms with van der Waals surface area (Å²) in [5, 5.41) is 3.28. The fourth-order valence-electron chi connectivity index (χ4n) is 1.71. The topological polar surface area (TPSA) is 58.4 Å². The molecule has 0 aliphatic heterocycles. The van der Waals surface area contributed by atoms with Crippen molar-refractivity contribution in [2.24, 2.45) is 11.7 Å². The van der Waals surface area contributed by atoms with Crippen LogP contribution in [0.1, 0.15) is 26.2 Å². The maximum atomic E-state index is 11.4. The number of amides is 1. The molecule has 0 heterocycles. The number of hydrogen-bond acceptors (Lipinski definition) is 3. The van der Waals surface area contributed by atoms with E-state index < -0.39 is 5.54 Å². The molecule has 15 heavy (non-hydrogen) atoms. The van der Waals surface area contributed by atoms with Crippen LogP contribution in [0, 0.1) is 5.92 Å². The van der Waals surface area contributed by atoms with Gasteiger partial charge in [-0.05, 0) is 33.4 Å². The molecule has 0 radical (unpaired) electrons. The molecule has 3 N–H and O–H groups in total. The number of nitrogens with zero attached hydrogens (tertiary/aromatic N) is 1. The molecule has 4 heteroatoms. The lowest BCUT2D eigenvalue weighted by atomic mass is 9.94. The molecule has 0 bridgehead atoms. The van der Waals surface area contributed by atoms with Gasteiger partial charge in [0.05, 0.1) is 5.54 Å². The van der Waals surface area contributed by atoms with E-state index in [4.69, 9.17) is 5.73 Å². The van der Waals surface area contributed by atoms with Crippen molar-refractivity contribution in [1.82, 2.24) is 10.2 Å². The largest absolute Gasteiger partial charge is 0.368 e. The highest BCUT2D eigenvalue weighted by atomic mass is 16.1. The lowest BCUT2D eigenvalue weighted by Crippen LogP contribution is -2.54. The van der Waals surface area contributed by atoms with E-state index in [2.05, 4.69) is 10.2 Å². The Hall–Kier alpha value is -0.610. The van der Waals surface area contributed by atoms with Crippen molar-refractivity contribution in [2.45, 2.75) is 31.7 Å². The Morgan fingerprint density at radius 1 is 1.53 bits per heavy atom. The Balaban J connectivity index is 2.37. The van der Waals surface area contributed by atoms with Gasteiger partial charge in [0.1, 0.15) is 0 Å². The minimum atomic E-state index is -0.517. The Bertz CT molecular complexity index is 226.